The Morgan fingerprint density at radius 3 is 2.50 bits per heavy atom. The highest BCUT2D eigenvalue weighted by atomic mass is 16.2. The monoisotopic (exact) mass is 243 g/mol. The minimum absolute atomic E-state index is 0.288. The van der Waals surface area contributed by atoms with Crippen molar-refractivity contribution in [2.24, 2.45) is 5.92 Å². The average Bonchev–Trinajstić information content (AvgIpc) is 3.20. The summed E-state index contributed by atoms with van der Waals surface area (Å²) in [4.78, 5) is 12.1. The van der Waals surface area contributed by atoms with Gasteiger partial charge < -0.3 is 5.32 Å². The number of carbonyl (C=O) groups is 1. The van der Waals surface area contributed by atoms with Crippen molar-refractivity contribution in [1.29, 1.82) is 0 Å². The molecule has 3 rings (SSSR count). The lowest BCUT2D eigenvalue weighted by molar-refractivity contribution is -0.126. The molecule has 96 valence electrons. The normalized spacial score (nSPS) is 27.8. The number of carbonyl (C=O) groups excluding carboxylic acids is 1. The van der Waals surface area contributed by atoms with E-state index in [0.29, 0.717) is 17.9 Å². The van der Waals surface area contributed by atoms with Crippen molar-refractivity contribution in [2.45, 2.75) is 50.5 Å². The summed E-state index contributed by atoms with van der Waals surface area (Å²) >= 11 is 0. The van der Waals surface area contributed by atoms with Gasteiger partial charge in [0.05, 0.1) is 0 Å². The highest BCUT2D eigenvalue weighted by Gasteiger charge is 2.40. The fourth-order valence-electron chi connectivity index (χ4n) is 3.09. The van der Waals surface area contributed by atoms with Gasteiger partial charge in [0.25, 0.3) is 0 Å². The van der Waals surface area contributed by atoms with E-state index in [4.69, 9.17) is 0 Å². The molecule has 1 aromatic carbocycles. The van der Waals surface area contributed by atoms with Crippen LogP contribution in [0.25, 0.3) is 0 Å². The highest BCUT2D eigenvalue weighted by Crippen LogP contribution is 2.41. The summed E-state index contributed by atoms with van der Waals surface area (Å²) < 4.78 is 0. The summed E-state index contributed by atoms with van der Waals surface area (Å²) in [6.07, 6.45) is 7.06. The van der Waals surface area contributed by atoms with Gasteiger partial charge in [-0.05, 0) is 24.8 Å². The van der Waals surface area contributed by atoms with Crippen molar-refractivity contribution in [3.63, 3.8) is 0 Å². The van der Waals surface area contributed by atoms with Crippen LogP contribution in [-0.4, -0.2) is 11.9 Å². The van der Waals surface area contributed by atoms with Gasteiger partial charge in [-0.3, -0.25) is 4.79 Å². The molecular formula is C16H21NO. The molecule has 0 radical (unpaired) electrons. The van der Waals surface area contributed by atoms with Crippen LogP contribution >= 0.6 is 0 Å². The standard InChI is InChI=1S/C16H21NO/c18-16(13-9-5-2-6-10-13)17-15-11-14(15)12-7-3-1-4-8-12/h1,3-4,7-8,13-15H,2,5-6,9-11H2,(H,17,18)/t14-,15+/m1/s1. The van der Waals surface area contributed by atoms with E-state index in [0.717, 1.165) is 19.3 Å². The SMILES string of the molecule is O=C(N[C@H]1C[C@@H]1c1ccccc1)C1CCCCC1. The van der Waals surface area contributed by atoms with Gasteiger partial charge in [0.1, 0.15) is 0 Å². The fourth-order valence-corrected chi connectivity index (χ4v) is 3.09. The van der Waals surface area contributed by atoms with Gasteiger partial charge in [0.15, 0.2) is 0 Å². The summed E-state index contributed by atoms with van der Waals surface area (Å²) in [7, 11) is 0. The van der Waals surface area contributed by atoms with Crippen LogP contribution < -0.4 is 5.32 Å². The molecule has 0 aliphatic heterocycles. The van der Waals surface area contributed by atoms with Crippen LogP contribution in [0.5, 0.6) is 0 Å². The fraction of sp³-hybridized carbons (Fsp3) is 0.562. The quantitative estimate of drug-likeness (QED) is 0.867. The minimum Gasteiger partial charge on any atom is -0.352 e. The Bertz CT molecular complexity index is 408. The van der Waals surface area contributed by atoms with Gasteiger partial charge in [0, 0.05) is 17.9 Å². The Morgan fingerprint density at radius 1 is 1.06 bits per heavy atom. The number of rotatable bonds is 3. The number of hydrogen-bond donors (Lipinski definition) is 1. The largest absolute Gasteiger partial charge is 0.352 e. The van der Waals surface area contributed by atoms with Crippen molar-refractivity contribution in [2.75, 3.05) is 0 Å². The molecule has 0 aromatic heterocycles. The third-order valence-electron chi connectivity index (χ3n) is 4.32. The lowest BCUT2D eigenvalue weighted by Gasteiger charge is -2.20. The van der Waals surface area contributed by atoms with Crippen molar-refractivity contribution in [3.8, 4) is 0 Å². The molecule has 0 spiro atoms. The second-order valence-corrected chi connectivity index (χ2v) is 5.70. The molecule has 2 saturated carbocycles. The van der Waals surface area contributed by atoms with Gasteiger partial charge in [-0.2, -0.15) is 0 Å². The second kappa shape index (κ2) is 5.13. The molecule has 0 saturated heterocycles. The molecule has 2 aliphatic rings. The zero-order valence-corrected chi connectivity index (χ0v) is 10.8. The maximum absolute atomic E-state index is 12.1. The zero-order chi connectivity index (χ0) is 12.4. The highest BCUT2D eigenvalue weighted by molar-refractivity contribution is 5.79. The summed E-state index contributed by atoms with van der Waals surface area (Å²) in [6.45, 7) is 0. The molecule has 0 unspecified atom stereocenters. The van der Waals surface area contributed by atoms with Gasteiger partial charge in [-0.25, -0.2) is 0 Å². The van der Waals surface area contributed by atoms with Crippen LogP contribution in [0.2, 0.25) is 0 Å². The molecule has 0 heterocycles. The molecular weight excluding hydrogens is 222 g/mol. The summed E-state index contributed by atoms with van der Waals surface area (Å²) in [5.41, 5.74) is 1.37. The van der Waals surface area contributed by atoms with Crippen LogP contribution in [0.4, 0.5) is 0 Å². The lowest BCUT2D eigenvalue weighted by atomic mass is 9.88. The molecule has 2 fully saturated rings. The molecule has 1 amide bonds. The Morgan fingerprint density at radius 2 is 1.78 bits per heavy atom. The topological polar surface area (TPSA) is 29.1 Å². The molecule has 2 heteroatoms. The molecule has 18 heavy (non-hydrogen) atoms. The van der Waals surface area contributed by atoms with Crippen LogP contribution in [0.15, 0.2) is 30.3 Å². The van der Waals surface area contributed by atoms with Crippen molar-refractivity contribution in [3.05, 3.63) is 35.9 Å². The third kappa shape index (κ3) is 2.58. The smallest absolute Gasteiger partial charge is 0.223 e. The van der Waals surface area contributed by atoms with Gasteiger partial charge >= 0.3 is 0 Å². The molecule has 1 N–H and O–H groups in total. The van der Waals surface area contributed by atoms with E-state index >= 15 is 0 Å². The van der Waals surface area contributed by atoms with E-state index in [1.807, 2.05) is 6.07 Å². The van der Waals surface area contributed by atoms with E-state index < -0.39 is 0 Å². The first-order valence-electron chi connectivity index (χ1n) is 7.20. The maximum Gasteiger partial charge on any atom is 0.223 e. The number of hydrogen-bond acceptors (Lipinski definition) is 1. The first kappa shape index (κ1) is 11.8. The van der Waals surface area contributed by atoms with Crippen LogP contribution in [0.3, 0.4) is 0 Å². The number of nitrogens with one attached hydrogen (secondary N) is 1. The second-order valence-electron chi connectivity index (χ2n) is 5.70. The number of benzene rings is 1. The molecule has 2 aliphatic carbocycles. The Labute approximate surface area is 109 Å². The van der Waals surface area contributed by atoms with E-state index in [1.165, 1.54) is 24.8 Å². The number of amides is 1. The summed E-state index contributed by atoms with van der Waals surface area (Å²) in [6, 6.07) is 10.9. The molecule has 0 bridgehead atoms. The van der Waals surface area contributed by atoms with E-state index in [2.05, 4.69) is 29.6 Å². The van der Waals surface area contributed by atoms with Gasteiger partial charge in [-0.15, -0.1) is 0 Å². The maximum atomic E-state index is 12.1. The van der Waals surface area contributed by atoms with Crippen LogP contribution in [0.1, 0.15) is 50.0 Å². The Kier molecular flexibility index (Phi) is 3.35. The molecule has 2 atom stereocenters. The Hall–Kier alpha value is -1.31. The Balaban J connectivity index is 1.51. The van der Waals surface area contributed by atoms with Crippen molar-refractivity contribution in [1.82, 2.24) is 5.32 Å². The van der Waals surface area contributed by atoms with Gasteiger partial charge in [0.2, 0.25) is 5.91 Å². The third-order valence-corrected chi connectivity index (χ3v) is 4.32. The average molecular weight is 243 g/mol. The van der Waals surface area contributed by atoms with E-state index in [-0.39, 0.29) is 5.92 Å². The lowest BCUT2D eigenvalue weighted by Crippen LogP contribution is -2.34. The van der Waals surface area contributed by atoms with Crippen LogP contribution in [-0.2, 0) is 4.79 Å². The predicted molar refractivity (Wildman–Crippen MR) is 72.3 cm³/mol. The zero-order valence-electron chi connectivity index (χ0n) is 10.8. The van der Waals surface area contributed by atoms with Crippen LogP contribution in [0, 0.1) is 5.92 Å². The first-order valence-corrected chi connectivity index (χ1v) is 7.20. The van der Waals surface area contributed by atoms with E-state index in [1.54, 1.807) is 0 Å². The molecule has 1 aromatic rings. The van der Waals surface area contributed by atoms with Crippen molar-refractivity contribution >= 4 is 5.91 Å². The van der Waals surface area contributed by atoms with Crippen molar-refractivity contribution < 1.29 is 4.79 Å². The minimum atomic E-state index is 0.288. The first-order chi connectivity index (χ1) is 8.84. The molecule has 2 nitrogen and oxygen atoms in total. The van der Waals surface area contributed by atoms with E-state index in [9.17, 15) is 4.79 Å². The van der Waals surface area contributed by atoms with Gasteiger partial charge in [-0.1, -0.05) is 49.6 Å². The summed E-state index contributed by atoms with van der Waals surface area (Å²) in [5, 5.41) is 3.23. The predicted octanol–water partition coefficient (Wildman–Crippen LogP) is 3.24. The summed E-state index contributed by atoms with van der Waals surface area (Å²) in [5.74, 6) is 1.15.